The van der Waals surface area contributed by atoms with Gasteiger partial charge in [0.25, 0.3) is 11.8 Å². The molecule has 0 aliphatic carbocycles. The summed E-state index contributed by atoms with van der Waals surface area (Å²) in [6, 6.07) is 32.9. The lowest BCUT2D eigenvalue weighted by atomic mass is 10.1. The third-order valence-corrected chi connectivity index (χ3v) is 9.32. The van der Waals surface area contributed by atoms with Gasteiger partial charge in [-0.25, -0.2) is 0 Å². The number of nitrogens with two attached hydrogens (primary N) is 1. The van der Waals surface area contributed by atoms with E-state index in [1.807, 2.05) is 112 Å². The Bertz CT molecular complexity index is 2290. The summed E-state index contributed by atoms with van der Waals surface area (Å²) in [5, 5.41) is 12.4. The normalized spacial score (nSPS) is 11.0. The van der Waals surface area contributed by atoms with Gasteiger partial charge in [0.1, 0.15) is 12.6 Å². The maximum atomic E-state index is 12.7. The summed E-state index contributed by atoms with van der Waals surface area (Å²) < 4.78 is 4.48. The number of aldehydes is 2. The number of carbonyl (C=O) groups excluding carboxylic acids is 4. The van der Waals surface area contributed by atoms with Crippen molar-refractivity contribution in [3.8, 4) is 22.5 Å². The number of carbonyl (C=O) groups is 4. The number of amides is 2. The molecule has 3 N–H and O–H groups in total. The number of hydrogen-bond donors (Lipinski definition) is 2. The second-order valence-electron chi connectivity index (χ2n) is 14.2. The monoisotopic (exact) mass is 842 g/mol. The summed E-state index contributed by atoms with van der Waals surface area (Å²) in [5.41, 5.74) is 10.6. The molecule has 55 heavy (non-hydrogen) atoms. The summed E-state index contributed by atoms with van der Waals surface area (Å²) in [4.78, 5) is 45.0. The number of rotatable bonds is 7. The van der Waals surface area contributed by atoms with Gasteiger partial charge < -0.3 is 11.1 Å². The molecule has 0 unspecified atom stereocenters. The van der Waals surface area contributed by atoms with E-state index >= 15 is 0 Å². The van der Waals surface area contributed by atoms with E-state index in [0.717, 1.165) is 33.3 Å². The van der Waals surface area contributed by atoms with Crippen LogP contribution in [-0.2, 0) is 11.1 Å². The maximum absolute atomic E-state index is 12.7. The summed E-state index contributed by atoms with van der Waals surface area (Å²) in [7, 11) is 0. The summed E-state index contributed by atoms with van der Waals surface area (Å²) >= 11 is 15.0. The highest BCUT2D eigenvalue weighted by Crippen LogP contribution is 2.29. The molecule has 2 heterocycles. The molecule has 0 aliphatic rings. The van der Waals surface area contributed by atoms with E-state index in [1.165, 1.54) is 6.07 Å². The smallest absolute Gasteiger partial charge is 0.276 e. The zero-order chi connectivity index (χ0) is 40.5. The fourth-order valence-electron chi connectivity index (χ4n) is 5.12. The Labute approximate surface area is 338 Å². The largest absolute Gasteiger partial charge is 0.364 e. The Kier molecular flexibility index (Phi) is 14.1. The molecule has 13 heteroatoms. The molecule has 0 fully saturated rings. The molecule has 0 bridgehead atoms. The van der Waals surface area contributed by atoms with Gasteiger partial charge in [0.05, 0.1) is 38.2 Å². The Morgan fingerprint density at radius 3 is 1.51 bits per heavy atom. The van der Waals surface area contributed by atoms with Crippen LogP contribution in [0.4, 0.5) is 5.69 Å². The van der Waals surface area contributed by atoms with Gasteiger partial charge in [-0.1, -0.05) is 89.9 Å². The van der Waals surface area contributed by atoms with E-state index in [0.29, 0.717) is 44.5 Å². The van der Waals surface area contributed by atoms with E-state index in [9.17, 15) is 19.2 Å². The molecule has 6 aromatic rings. The highest BCUT2D eigenvalue weighted by Gasteiger charge is 2.24. The standard InChI is InChI=1S/C21H20ClN3O2.C14H17N3O.C7H4BrClO/c1-21(2,3)25-19(15-7-5-4-6-8-15)12-18(24-25)20(27)23-17-10-9-14(13-26)11-16(17)22;1-14(2,3)17-12(9-11(16-17)13(15)18)10-7-5-4-6-8-10;8-6-2-1-5(4-10)3-7(6)9/h4-13H,1-3H3,(H,23,27);4-9H,1-3H3,(H2,15,18);1-4H. The Hall–Kier alpha value is -5.36. The molecule has 2 amide bonds. The highest BCUT2D eigenvalue weighted by molar-refractivity contribution is 9.10. The van der Waals surface area contributed by atoms with Gasteiger partial charge in [0.2, 0.25) is 0 Å². The van der Waals surface area contributed by atoms with Crippen LogP contribution in [0.5, 0.6) is 0 Å². The molecule has 284 valence electrons. The van der Waals surface area contributed by atoms with Gasteiger partial charge in [-0.2, -0.15) is 10.2 Å². The lowest BCUT2D eigenvalue weighted by molar-refractivity contribution is 0.0991. The van der Waals surface area contributed by atoms with E-state index in [-0.39, 0.29) is 17.0 Å². The molecule has 0 radical (unpaired) electrons. The Morgan fingerprint density at radius 2 is 1.09 bits per heavy atom. The van der Waals surface area contributed by atoms with Crippen LogP contribution in [0.3, 0.4) is 0 Å². The average molecular weight is 845 g/mol. The van der Waals surface area contributed by atoms with E-state index in [1.54, 1.807) is 42.5 Å². The van der Waals surface area contributed by atoms with Crippen LogP contribution >= 0.6 is 39.1 Å². The molecule has 0 saturated carbocycles. The predicted octanol–water partition coefficient (Wildman–Crippen LogP) is 10.3. The third kappa shape index (κ3) is 11.3. The summed E-state index contributed by atoms with van der Waals surface area (Å²) in [5.74, 6) is -0.869. The summed E-state index contributed by atoms with van der Waals surface area (Å²) in [6.45, 7) is 12.2. The minimum Gasteiger partial charge on any atom is -0.364 e. The van der Waals surface area contributed by atoms with Gasteiger partial charge in [0, 0.05) is 15.6 Å². The lowest BCUT2D eigenvalue weighted by Crippen LogP contribution is -2.25. The number of halogens is 3. The number of primary amides is 1. The van der Waals surface area contributed by atoms with Gasteiger partial charge in [0.15, 0.2) is 11.4 Å². The topological polar surface area (TPSA) is 142 Å². The van der Waals surface area contributed by atoms with Crippen LogP contribution in [-0.4, -0.2) is 43.9 Å². The molecule has 10 nitrogen and oxygen atoms in total. The van der Waals surface area contributed by atoms with Crippen molar-refractivity contribution < 1.29 is 19.2 Å². The zero-order valence-corrected chi connectivity index (χ0v) is 34.3. The number of hydrogen-bond acceptors (Lipinski definition) is 6. The lowest BCUT2D eigenvalue weighted by Gasteiger charge is -2.22. The van der Waals surface area contributed by atoms with Crippen LogP contribution in [0, 0.1) is 0 Å². The maximum Gasteiger partial charge on any atom is 0.276 e. The average Bonchev–Trinajstić information content (AvgIpc) is 3.82. The molecule has 4 aromatic carbocycles. The first-order valence-electron chi connectivity index (χ1n) is 17.0. The van der Waals surface area contributed by atoms with Crippen LogP contribution in [0.1, 0.15) is 83.2 Å². The van der Waals surface area contributed by atoms with Crippen LogP contribution < -0.4 is 11.1 Å². The van der Waals surface area contributed by atoms with E-state index in [2.05, 4.69) is 31.4 Å². The van der Waals surface area contributed by atoms with Gasteiger partial charge in [-0.15, -0.1) is 0 Å². The first kappa shape index (κ1) is 42.4. The number of nitrogens with zero attached hydrogens (tertiary/aromatic N) is 4. The van der Waals surface area contributed by atoms with Crippen LogP contribution in [0.15, 0.2) is 114 Å². The van der Waals surface area contributed by atoms with Crippen molar-refractivity contribution in [3.63, 3.8) is 0 Å². The van der Waals surface area contributed by atoms with Crippen molar-refractivity contribution in [3.05, 3.63) is 146 Å². The molecule has 0 atom stereocenters. The van der Waals surface area contributed by atoms with E-state index < -0.39 is 5.91 Å². The van der Waals surface area contributed by atoms with Gasteiger partial charge >= 0.3 is 0 Å². The third-order valence-electron chi connectivity index (χ3n) is 7.77. The second kappa shape index (κ2) is 18.3. The minimum absolute atomic E-state index is 0.209. The van der Waals surface area contributed by atoms with Gasteiger partial charge in [-0.3, -0.25) is 28.5 Å². The fraction of sp³-hybridized carbons (Fsp3) is 0.190. The van der Waals surface area contributed by atoms with Crippen molar-refractivity contribution in [2.75, 3.05) is 5.32 Å². The SMILES string of the molecule is CC(C)(C)n1nc(C(=O)Nc2ccc(C=O)cc2Cl)cc1-c1ccccc1.CC(C)(C)n1nc(C(N)=O)cc1-c1ccccc1.O=Cc1ccc(Br)c(Cl)c1. The number of aromatic nitrogens is 4. The van der Waals surface area contributed by atoms with Gasteiger partial charge in [-0.05, 0) is 111 Å². The molecular formula is C42H41BrCl2N6O4. The second-order valence-corrected chi connectivity index (χ2v) is 15.9. The molecule has 2 aromatic heterocycles. The van der Waals surface area contributed by atoms with Crippen molar-refractivity contribution in [1.29, 1.82) is 0 Å². The Morgan fingerprint density at radius 1 is 0.655 bits per heavy atom. The van der Waals surface area contributed by atoms with Crippen molar-refractivity contribution in [1.82, 2.24) is 19.6 Å². The Balaban J connectivity index is 0.000000205. The van der Waals surface area contributed by atoms with Crippen molar-refractivity contribution in [2.24, 2.45) is 5.73 Å². The molecule has 6 rings (SSSR count). The number of nitrogens with one attached hydrogen (secondary N) is 1. The predicted molar refractivity (Wildman–Crippen MR) is 223 cm³/mol. The summed E-state index contributed by atoms with van der Waals surface area (Å²) in [6.07, 6.45) is 1.47. The van der Waals surface area contributed by atoms with Crippen molar-refractivity contribution in [2.45, 2.75) is 52.6 Å². The highest BCUT2D eigenvalue weighted by atomic mass is 79.9. The molecule has 0 aliphatic heterocycles. The van der Waals surface area contributed by atoms with E-state index in [4.69, 9.17) is 28.9 Å². The number of benzene rings is 4. The fourth-order valence-corrected chi connectivity index (χ4v) is 5.80. The molecule has 0 saturated heterocycles. The van der Waals surface area contributed by atoms with Crippen LogP contribution in [0.25, 0.3) is 22.5 Å². The number of anilines is 1. The zero-order valence-electron chi connectivity index (χ0n) is 31.2. The first-order valence-corrected chi connectivity index (χ1v) is 18.6. The first-order chi connectivity index (χ1) is 25.9. The molecule has 0 spiro atoms. The van der Waals surface area contributed by atoms with Crippen molar-refractivity contribution >= 4 is 69.2 Å². The van der Waals surface area contributed by atoms with Crippen LogP contribution in [0.2, 0.25) is 10.0 Å². The quantitative estimate of drug-likeness (QED) is 0.153. The molecular weight excluding hydrogens is 803 g/mol. The minimum atomic E-state index is -0.504.